The third kappa shape index (κ3) is 4.70. The summed E-state index contributed by atoms with van der Waals surface area (Å²) in [5.74, 6) is 0.0829. The first-order valence-electron chi connectivity index (χ1n) is 12.8. The molecule has 0 spiro atoms. The maximum atomic E-state index is 12.9. The van der Waals surface area contributed by atoms with Gasteiger partial charge in [0.15, 0.2) is 11.6 Å². The van der Waals surface area contributed by atoms with E-state index in [2.05, 4.69) is 30.4 Å². The molecule has 0 fully saturated rings. The second-order valence-corrected chi connectivity index (χ2v) is 9.37. The van der Waals surface area contributed by atoms with Gasteiger partial charge in [0.25, 0.3) is 23.7 Å². The molecule has 198 valence electrons. The summed E-state index contributed by atoms with van der Waals surface area (Å²) in [6, 6.07) is 17.5. The number of rotatable bonds is 11. The Kier molecular flexibility index (Phi) is 6.56. The predicted molar refractivity (Wildman–Crippen MR) is 143 cm³/mol. The number of fused-ring (bicyclic) bond motifs is 2. The average Bonchev–Trinajstić information content (AvgIpc) is 3.72. The van der Waals surface area contributed by atoms with Crippen molar-refractivity contribution >= 4 is 46.7 Å². The molecule has 0 bridgehead atoms. The van der Waals surface area contributed by atoms with Crippen LogP contribution in [0.4, 0.5) is 11.9 Å². The van der Waals surface area contributed by atoms with E-state index in [-0.39, 0.29) is 47.7 Å². The highest BCUT2D eigenvalue weighted by atomic mass is 16.2. The molecule has 2 aromatic heterocycles. The van der Waals surface area contributed by atoms with E-state index in [9.17, 15) is 19.2 Å². The van der Waals surface area contributed by atoms with E-state index >= 15 is 0 Å². The molecule has 0 radical (unpaired) electrons. The van der Waals surface area contributed by atoms with Crippen LogP contribution in [0, 0.1) is 0 Å². The summed E-state index contributed by atoms with van der Waals surface area (Å²) in [6.07, 6.45) is 1.91. The first kappa shape index (κ1) is 25.0. The Morgan fingerprint density at radius 2 is 0.975 bits per heavy atom. The third-order valence-electron chi connectivity index (χ3n) is 6.69. The van der Waals surface area contributed by atoms with Crippen molar-refractivity contribution < 1.29 is 19.2 Å². The lowest BCUT2D eigenvalue weighted by atomic mass is 10.1. The molecule has 0 unspecified atom stereocenters. The van der Waals surface area contributed by atoms with Crippen LogP contribution in [0.2, 0.25) is 0 Å². The molecule has 6 rings (SSSR count). The Balaban J connectivity index is 1.02. The van der Waals surface area contributed by atoms with Crippen LogP contribution in [0.15, 0.2) is 70.6 Å². The molecule has 0 aliphatic carbocycles. The van der Waals surface area contributed by atoms with Gasteiger partial charge >= 0.3 is 0 Å². The quantitative estimate of drug-likeness (QED) is 0.209. The minimum atomic E-state index is -0.394. The van der Waals surface area contributed by atoms with Crippen LogP contribution in [0.3, 0.4) is 0 Å². The molecule has 2 aliphatic heterocycles. The molecule has 12 heteroatoms. The van der Waals surface area contributed by atoms with Gasteiger partial charge < -0.3 is 0 Å². The summed E-state index contributed by atoms with van der Waals surface area (Å²) < 4.78 is 2.69. The second-order valence-electron chi connectivity index (χ2n) is 9.37. The number of hydrogen-bond donors (Lipinski definition) is 0. The van der Waals surface area contributed by atoms with Gasteiger partial charge in [-0.1, -0.05) is 60.7 Å². The highest BCUT2D eigenvalue weighted by Gasteiger charge is 2.32. The highest BCUT2D eigenvalue weighted by molar-refractivity contribution is 6.46. The van der Waals surface area contributed by atoms with E-state index in [1.54, 1.807) is 48.5 Å². The molecule has 0 atom stereocenters. The van der Waals surface area contributed by atoms with Gasteiger partial charge in [-0.2, -0.15) is 0 Å². The zero-order valence-corrected chi connectivity index (χ0v) is 21.2. The fourth-order valence-electron chi connectivity index (χ4n) is 4.65. The SMILES string of the molecule is O=C(CC1=Nc2nnc(CCCCc3nnc4n3C(=O)C(CC(=O)c3ccccc3)=N4)n2C1=O)c1ccccc1. The van der Waals surface area contributed by atoms with E-state index in [0.29, 0.717) is 48.5 Å². The number of benzene rings is 2. The molecule has 12 nitrogen and oxygen atoms in total. The molecule has 2 aliphatic rings. The van der Waals surface area contributed by atoms with Gasteiger partial charge in [0.2, 0.25) is 0 Å². The highest BCUT2D eigenvalue weighted by Crippen LogP contribution is 2.24. The maximum absolute atomic E-state index is 12.9. The fourth-order valence-corrected chi connectivity index (χ4v) is 4.65. The van der Waals surface area contributed by atoms with Gasteiger partial charge in [-0.25, -0.2) is 19.1 Å². The van der Waals surface area contributed by atoms with Gasteiger partial charge in [-0.05, 0) is 12.8 Å². The summed E-state index contributed by atoms with van der Waals surface area (Å²) in [5, 5.41) is 16.2. The van der Waals surface area contributed by atoms with Crippen LogP contribution in [0.5, 0.6) is 0 Å². The number of hydrogen-bond acceptors (Lipinski definition) is 10. The third-order valence-corrected chi connectivity index (χ3v) is 6.69. The van der Waals surface area contributed by atoms with E-state index in [4.69, 9.17) is 0 Å². The van der Waals surface area contributed by atoms with Crippen molar-refractivity contribution in [2.24, 2.45) is 9.98 Å². The largest absolute Gasteiger partial charge is 0.294 e. The van der Waals surface area contributed by atoms with Crippen molar-refractivity contribution in [2.45, 2.75) is 38.5 Å². The molecule has 40 heavy (non-hydrogen) atoms. The minimum absolute atomic E-state index is 0.112. The smallest absolute Gasteiger partial charge is 0.281 e. The zero-order valence-electron chi connectivity index (χ0n) is 21.2. The van der Waals surface area contributed by atoms with Gasteiger partial charge in [0.05, 0.1) is 12.8 Å². The first-order chi connectivity index (χ1) is 19.5. The average molecular weight is 535 g/mol. The summed E-state index contributed by atoms with van der Waals surface area (Å²) in [4.78, 5) is 59.4. The molecule has 0 saturated heterocycles. The Bertz CT molecular complexity index is 1590. The summed E-state index contributed by atoms with van der Waals surface area (Å²) in [5.41, 5.74) is 1.30. The van der Waals surface area contributed by atoms with E-state index in [1.807, 2.05) is 12.1 Å². The maximum Gasteiger partial charge on any atom is 0.281 e. The fraction of sp³-hybridized carbons (Fsp3) is 0.214. The van der Waals surface area contributed by atoms with Crippen LogP contribution >= 0.6 is 0 Å². The monoisotopic (exact) mass is 534 g/mol. The van der Waals surface area contributed by atoms with E-state index < -0.39 is 11.8 Å². The second kappa shape index (κ2) is 10.5. The zero-order chi connectivity index (χ0) is 27.6. The topological polar surface area (TPSA) is 154 Å². The number of carbonyl (C=O) groups is 4. The van der Waals surface area contributed by atoms with Crippen molar-refractivity contribution in [3.05, 3.63) is 83.4 Å². The number of aryl methyl sites for hydroxylation is 2. The molecule has 0 N–H and O–H groups in total. The van der Waals surface area contributed by atoms with Crippen LogP contribution in [-0.2, 0) is 12.8 Å². The Labute approximate surface area is 227 Å². The molecule has 2 aromatic carbocycles. The Morgan fingerprint density at radius 1 is 0.575 bits per heavy atom. The number of nitrogens with zero attached hydrogens (tertiary/aromatic N) is 8. The lowest BCUT2D eigenvalue weighted by molar-refractivity contribution is 0.0962. The van der Waals surface area contributed by atoms with Gasteiger partial charge in [-0.3, -0.25) is 19.2 Å². The van der Waals surface area contributed by atoms with Crippen LogP contribution in [0.25, 0.3) is 0 Å². The number of ketones is 2. The van der Waals surface area contributed by atoms with Crippen molar-refractivity contribution in [3.8, 4) is 0 Å². The van der Waals surface area contributed by atoms with Gasteiger partial charge in [0.1, 0.15) is 23.1 Å². The number of Topliss-reactive ketones (excluding diaryl/α,β-unsaturated/α-hetero) is 2. The summed E-state index contributed by atoms with van der Waals surface area (Å²) in [6.45, 7) is 0. The van der Waals surface area contributed by atoms with Crippen molar-refractivity contribution in [1.82, 2.24) is 29.5 Å². The van der Waals surface area contributed by atoms with Crippen molar-refractivity contribution in [1.29, 1.82) is 0 Å². The standard InChI is InChI=1S/C28H22N8O4/c37-21(17-9-3-1-4-10-17)15-19-25(39)35-23(31-33-27(35)29-19)13-7-8-14-24-32-34-28-30-20(26(40)36(24)28)16-22(38)18-11-5-2-6-12-18/h1-6,9-12H,7-8,13-16H2. The summed E-state index contributed by atoms with van der Waals surface area (Å²) in [7, 11) is 0. The number of unbranched alkanes of at least 4 members (excludes halogenated alkanes) is 1. The molecular weight excluding hydrogens is 512 g/mol. The molecule has 0 amide bonds. The first-order valence-corrected chi connectivity index (χ1v) is 12.8. The molecule has 0 saturated carbocycles. The van der Waals surface area contributed by atoms with Crippen molar-refractivity contribution in [2.75, 3.05) is 0 Å². The van der Waals surface area contributed by atoms with Crippen molar-refractivity contribution in [3.63, 3.8) is 0 Å². The van der Waals surface area contributed by atoms with Crippen LogP contribution in [-0.4, -0.2) is 64.3 Å². The lowest BCUT2D eigenvalue weighted by Crippen LogP contribution is -2.22. The Morgan fingerprint density at radius 3 is 1.38 bits per heavy atom. The Hall–Kier alpha value is -5.26. The minimum Gasteiger partial charge on any atom is -0.294 e. The normalized spacial score (nSPS) is 13.7. The van der Waals surface area contributed by atoms with E-state index in [1.165, 1.54) is 9.13 Å². The number of aromatic nitrogens is 6. The van der Waals surface area contributed by atoms with E-state index in [0.717, 1.165) is 0 Å². The summed E-state index contributed by atoms with van der Waals surface area (Å²) >= 11 is 0. The molecule has 4 heterocycles. The van der Waals surface area contributed by atoms with Crippen LogP contribution < -0.4 is 0 Å². The molecular formula is C28H22N8O4. The number of carbonyl (C=O) groups excluding carboxylic acids is 4. The van der Waals surface area contributed by atoms with Crippen LogP contribution in [0.1, 0.15) is 67.6 Å². The van der Waals surface area contributed by atoms with Gasteiger partial charge in [-0.15, -0.1) is 20.4 Å². The molecule has 4 aromatic rings. The predicted octanol–water partition coefficient (Wildman–Crippen LogP) is 3.43. The van der Waals surface area contributed by atoms with Gasteiger partial charge in [0, 0.05) is 24.0 Å². The lowest BCUT2D eigenvalue weighted by Gasteiger charge is -2.05. The number of aliphatic imine (C=N–C) groups is 2.